The van der Waals surface area contributed by atoms with E-state index in [1.54, 1.807) is 37.3 Å². The van der Waals surface area contributed by atoms with Gasteiger partial charge < -0.3 is 14.9 Å². The summed E-state index contributed by atoms with van der Waals surface area (Å²) < 4.78 is 5.09. The van der Waals surface area contributed by atoms with Gasteiger partial charge >= 0.3 is 17.9 Å². The van der Waals surface area contributed by atoms with E-state index in [9.17, 15) is 24.6 Å². The van der Waals surface area contributed by atoms with Crippen LogP contribution < -0.4 is 0 Å². The number of benzene rings is 1. The minimum Gasteiger partial charge on any atom is -0.480 e. The molecule has 0 radical (unpaired) electrons. The molecular weight excluding hydrogens is 300 g/mol. The van der Waals surface area contributed by atoms with Gasteiger partial charge in [0.2, 0.25) is 0 Å². The molecule has 0 aliphatic carbocycles. The van der Waals surface area contributed by atoms with E-state index in [0.717, 1.165) is 0 Å². The Morgan fingerprint density at radius 2 is 1.61 bits per heavy atom. The van der Waals surface area contributed by atoms with Crippen LogP contribution in [0.15, 0.2) is 30.3 Å². The predicted octanol–water partition coefficient (Wildman–Crippen LogP) is 2.97. The van der Waals surface area contributed by atoms with Gasteiger partial charge in [0, 0.05) is 0 Å². The first-order valence-electron chi connectivity index (χ1n) is 7.63. The fourth-order valence-corrected chi connectivity index (χ4v) is 2.42. The molecule has 2 N–H and O–H groups in total. The summed E-state index contributed by atoms with van der Waals surface area (Å²) in [5, 5.41) is 18.5. The zero-order chi connectivity index (χ0) is 17.3. The van der Waals surface area contributed by atoms with Crippen LogP contribution in [0.2, 0.25) is 0 Å². The van der Waals surface area contributed by atoms with E-state index in [1.807, 2.05) is 0 Å². The molecule has 0 atom stereocenters. The van der Waals surface area contributed by atoms with Crippen molar-refractivity contribution in [3.8, 4) is 0 Å². The van der Waals surface area contributed by atoms with Crippen molar-refractivity contribution in [2.75, 3.05) is 6.61 Å². The first-order valence-corrected chi connectivity index (χ1v) is 7.63. The van der Waals surface area contributed by atoms with Gasteiger partial charge in [0.05, 0.1) is 12.2 Å². The Morgan fingerprint density at radius 1 is 1.00 bits per heavy atom. The van der Waals surface area contributed by atoms with Gasteiger partial charge in [-0.15, -0.1) is 0 Å². The molecule has 0 fully saturated rings. The van der Waals surface area contributed by atoms with E-state index >= 15 is 0 Å². The number of esters is 1. The van der Waals surface area contributed by atoms with E-state index in [0.29, 0.717) is 24.8 Å². The van der Waals surface area contributed by atoms with E-state index in [1.165, 1.54) is 0 Å². The molecule has 0 aliphatic heterocycles. The minimum atomic E-state index is -1.75. The number of ether oxygens (including phenoxy) is 1. The molecule has 0 spiro atoms. The monoisotopic (exact) mass is 322 g/mol. The van der Waals surface area contributed by atoms with Crippen molar-refractivity contribution >= 4 is 17.9 Å². The van der Waals surface area contributed by atoms with Crippen LogP contribution >= 0.6 is 0 Å². The third-order valence-electron chi connectivity index (χ3n) is 3.74. The first-order chi connectivity index (χ1) is 10.9. The third-order valence-corrected chi connectivity index (χ3v) is 3.74. The summed E-state index contributed by atoms with van der Waals surface area (Å²) >= 11 is 0. The van der Waals surface area contributed by atoms with Crippen LogP contribution in [0.4, 0.5) is 0 Å². The number of carbonyl (C=O) groups is 3. The molecule has 1 aromatic rings. The largest absolute Gasteiger partial charge is 0.480 e. The second-order valence-corrected chi connectivity index (χ2v) is 5.40. The first kappa shape index (κ1) is 18.7. The van der Waals surface area contributed by atoms with Crippen LogP contribution in [0.5, 0.6) is 0 Å². The summed E-state index contributed by atoms with van der Waals surface area (Å²) in [6.07, 6.45) is 1.36. The number of unbranched alkanes of at least 4 members (excludes halogenated alkanes) is 1. The number of hydrogen-bond acceptors (Lipinski definition) is 4. The van der Waals surface area contributed by atoms with E-state index in [-0.39, 0.29) is 19.4 Å². The van der Waals surface area contributed by atoms with Gasteiger partial charge in [-0.2, -0.15) is 0 Å². The molecule has 23 heavy (non-hydrogen) atoms. The number of rotatable bonds is 10. The lowest BCUT2D eigenvalue weighted by Gasteiger charge is -2.24. The van der Waals surface area contributed by atoms with Crippen molar-refractivity contribution in [2.24, 2.45) is 5.41 Å². The number of aliphatic carboxylic acids is 2. The van der Waals surface area contributed by atoms with Crippen molar-refractivity contribution < 1.29 is 29.3 Å². The van der Waals surface area contributed by atoms with Crippen LogP contribution in [0.25, 0.3) is 0 Å². The summed E-state index contributed by atoms with van der Waals surface area (Å²) in [5.74, 6) is -3.07. The predicted molar refractivity (Wildman–Crippen MR) is 83.2 cm³/mol. The van der Waals surface area contributed by atoms with Crippen molar-refractivity contribution in [1.29, 1.82) is 0 Å². The lowest BCUT2D eigenvalue weighted by atomic mass is 9.79. The van der Waals surface area contributed by atoms with Crippen molar-refractivity contribution in [3.05, 3.63) is 35.9 Å². The lowest BCUT2D eigenvalue weighted by molar-refractivity contribution is -0.166. The number of carboxylic acid groups (broad SMARTS) is 2. The summed E-state index contributed by atoms with van der Waals surface area (Å²) in [6.45, 7) is 1.89. The fourth-order valence-electron chi connectivity index (χ4n) is 2.42. The Kier molecular flexibility index (Phi) is 7.25. The molecule has 6 heteroatoms. The topological polar surface area (TPSA) is 101 Å². The smallest absolute Gasteiger partial charge is 0.338 e. The molecule has 0 unspecified atom stereocenters. The third kappa shape index (κ3) is 5.09. The summed E-state index contributed by atoms with van der Waals surface area (Å²) in [6, 6.07) is 8.54. The van der Waals surface area contributed by atoms with Crippen LogP contribution in [-0.4, -0.2) is 34.7 Å². The highest BCUT2D eigenvalue weighted by molar-refractivity contribution is 5.98. The summed E-state index contributed by atoms with van der Waals surface area (Å²) in [7, 11) is 0. The Labute approximate surface area is 135 Å². The Balaban J connectivity index is 2.44. The average molecular weight is 322 g/mol. The number of carbonyl (C=O) groups excluding carboxylic acids is 1. The second kappa shape index (κ2) is 8.92. The highest BCUT2D eigenvalue weighted by atomic mass is 16.5. The van der Waals surface area contributed by atoms with Gasteiger partial charge in [0.25, 0.3) is 0 Å². The van der Waals surface area contributed by atoms with Gasteiger partial charge in [-0.1, -0.05) is 31.5 Å². The van der Waals surface area contributed by atoms with Crippen LogP contribution in [-0.2, 0) is 14.3 Å². The Morgan fingerprint density at radius 3 is 2.13 bits per heavy atom. The molecule has 0 saturated carbocycles. The molecule has 126 valence electrons. The minimum absolute atomic E-state index is 0.0222. The van der Waals surface area contributed by atoms with E-state index in [2.05, 4.69) is 0 Å². The fraction of sp³-hybridized carbons (Fsp3) is 0.471. The highest BCUT2D eigenvalue weighted by Crippen LogP contribution is 2.31. The zero-order valence-corrected chi connectivity index (χ0v) is 13.2. The molecule has 0 heterocycles. The standard InChI is InChI=1S/C17H22O6/c1-2-10-17(15(19)20,16(21)22)11-6-7-12-23-14(18)13-8-4-3-5-9-13/h3-5,8-9H,2,6-7,10-12H2,1H3,(H,19,20)(H,21,22). The Hall–Kier alpha value is -2.37. The molecule has 0 aromatic heterocycles. The van der Waals surface area contributed by atoms with Crippen LogP contribution in [0, 0.1) is 5.41 Å². The summed E-state index contributed by atoms with van der Waals surface area (Å²) in [4.78, 5) is 34.4. The average Bonchev–Trinajstić information content (AvgIpc) is 2.53. The molecule has 6 nitrogen and oxygen atoms in total. The molecule has 1 rings (SSSR count). The quantitative estimate of drug-likeness (QED) is 0.390. The molecule has 0 aliphatic rings. The SMILES string of the molecule is CCCC(CCCCOC(=O)c1ccccc1)(C(=O)O)C(=O)O. The maximum atomic E-state index is 11.7. The summed E-state index contributed by atoms with van der Waals surface area (Å²) in [5.41, 5.74) is -1.30. The van der Waals surface area contributed by atoms with Gasteiger partial charge in [0.1, 0.15) is 0 Å². The molecular formula is C17H22O6. The van der Waals surface area contributed by atoms with Gasteiger partial charge in [-0.05, 0) is 37.8 Å². The van der Waals surface area contributed by atoms with Gasteiger partial charge in [-0.3, -0.25) is 9.59 Å². The van der Waals surface area contributed by atoms with Crippen molar-refractivity contribution in [2.45, 2.75) is 39.0 Å². The molecule has 1 aromatic carbocycles. The van der Waals surface area contributed by atoms with Crippen LogP contribution in [0.1, 0.15) is 49.4 Å². The van der Waals surface area contributed by atoms with E-state index in [4.69, 9.17) is 4.74 Å². The Bertz CT molecular complexity index is 523. The van der Waals surface area contributed by atoms with Gasteiger partial charge in [-0.25, -0.2) is 4.79 Å². The molecule has 0 amide bonds. The van der Waals surface area contributed by atoms with Crippen LogP contribution in [0.3, 0.4) is 0 Å². The maximum absolute atomic E-state index is 11.7. The maximum Gasteiger partial charge on any atom is 0.338 e. The molecule has 0 saturated heterocycles. The lowest BCUT2D eigenvalue weighted by Crippen LogP contribution is -2.39. The second-order valence-electron chi connectivity index (χ2n) is 5.40. The molecule has 0 bridgehead atoms. The van der Waals surface area contributed by atoms with Crippen molar-refractivity contribution in [1.82, 2.24) is 0 Å². The van der Waals surface area contributed by atoms with Gasteiger partial charge in [0.15, 0.2) is 5.41 Å². The zero-order valence-electron chi connectivity index (χ0n) is 13.2. The number of hydrogen-bond donors (Lipinski definition) is 2. The van der Waals surface area contributed by atoms with Crippen molar-refractivity contribution in [3.63, 3.8) is 0 Å². The number of carboxylic acids is 2. The normalized spacial score (nSPS) is 11.0. The van der Waals surface area contributed by atoms with E-state index < -0.39 is 23.3 Å². The highest BCUT2D eigenvalue weighted by Gasteiger charge is 2.44.